The van der Waals surface area contributed by atoms with Gasteiger partial charge in [0.2, 0.25) is 0 Å². The lowest BCUT2D eigenvalue weighted by Gasteiger charge is -2.16. The third-order valence-corrected chi connectivity index (χ3v) is 4.15. The molecular formula is C14H15N3O2S. The average molecular weight is 289 g/mol. The first-order valence-electron chi connectivity index (χ1n) is 6.55. The van der Waals surface area contributed by atoms with Gasteiger partial charge in [-0.15, -0.1) is 11.3 Å². The van der Waals surface area contributed by atoms with Crippen LogP contribution in [0.5, 0.6) is 0 Å². The summed E-state index contributed by atoms with van der Waals surface area (Å²) in [5.74, 6) is -0.122. The van der Waals surface area contributed by atoms with Gasteiger partial charge in [0.1, 0.15) is 15.6 Å². The molecule has 1 N–H and O–H groups in total. The summed E-state index contributed by atoms with van der Waals surface area (Å²) in [5.41, 5.74) is 0.479. The van der Waals surface area contributed by atoms with E-state index in [1.165, 1.54) is 11.3 Å². The fourth-order valence-electron chi connectivity index (χ4n) is 1.97. The molecule has 0 unspecified atom stereocenters. The number of nitrogens with zero attached hydrogens (tertiary/aromatic N) is 2. The molecular weight excluding hydrogens is 274 g/mol. The summed E-state index contributed by atoms with van der Waals surface area (Å²) in [4.78, 5) is 21.1. The second-order valence-corrected chi connectivity index (χ2v) is 5.68. The Kier molecular flexibility index (Phi) is 3.50. The molecule has 1 fully saturated rings. The van der Waals surface area contributed by atoms with Gasteiger partial charge in [0.15, 0.2) is 0 Å². The van der Waals surface area contributed by atoms with Crippen molar-refractivity contribution in [3.8, 4) is 10.6 Å². The van der Waals surface area contributed by atoms with Crippen LogP contribution in [0.25, 0.3) is 10.6 Å². The first-order valence-corrected chi connectivity index (χ1v) is 7.37. The van der Waals surface area contributed by atoms with Gasteiger partial charge in [-0.05, 0) is 31.9 Å². The van der Waals surface area contributed by atoms with Crippen LogP contribution >= 0.6 is 11.3 Å². The maximum absolute atomic E-state index is 12.2. The topological polar surface area (TPSA) is 64.1 Å². The number of hydrogen-bond acceptors (Lipinski definition) is 5. The standard InChI is InChI=1S/C14H15N3O2S/c1-2-19-14(5-6-14)17-12(18)11-9-16-13(20-11)10-4-3-7-15-8-10/h3-4,7-9H,2,5-6H2,1H3,(H,17,18). The van der Waals surface area contributed by atoms with Crippen molar-refractivity contribution < 1.29 is 9.53 Å². The van der Waals surface area contributed by atoms with Crippen LogP contribution in [-0.2, 0) is 4.74 Å². The average Bonchev–Trinajstić information content (AvgIpc) is 3.05. The first-order chi connectivity index (χ1) is 9.72. The second-order valence-electron chi connectivity index (χ2n) is 4.65. The first kappa shape index (κ1) is 13.2. The lowest BCUT2D eigenvalue weighted by Crippen LogP contribution is -2.38. The Morgan fingerprint density at radius 2 is 2.35 bits per heavy atom. The van der Waals surface area contributed by atoms with Crippen LogP contribution in [0.15, 0.2) is 30.7 Å². The molecule has 1 aliphatic carbocycles. The summed E-state index contributed by atoms with van der Waals surface area (Å²) >= 11 is 1.36. The van der Waals surface area contributed by atoms with Crippen LogP contribution in [0.1, 0.15) is 29.4 Å². The van der Waals surface area contributed by atoms with E-state index in [1.807, 2.05) is 19.1 Å². The number of hydrogen-bond donors (Lipinski definition) is 1. The van der Waals surface area contributed by atoms with E-state index in [9.17, 15) is 4.79 Å². The Morgan fingerprint density at radius 3 is 3.00 bits per heavy atom. The van der Waals surface area contributed by atoms with Gasteiger partial charge in [-0.2, -0.15) is 0 Å². The van der Waals surface area contributed by atoms with Gasteiger partial charge in [-0.1, -0.05) is 0 Å². The zero-order chi connectivity index (χ0) is 14.0. The molecule has 0 atom stereocenters. The second kappa shape index (κ2) is 5.30. The normalized spacial score (nSPS) is 15.8. The minimum absolute atomic E-state index is 0.122. The summed E-state index contributed by atoms with van der Waals surface area (Å²) in [6.45, 7) is 2.53. The minimum Gasteiger partial charge on any atom is -0.356 e. The summed E-state index contributed by atoms with van der Waals surface area (Å²) in [6.07, 6.45) is 6.80. The van der Waals surface area contributed by atoms with Crippen molar-refractivity contribution in [1.29, 1.82) is 0 Å². The van der Waals surface area contributed by atoms with E-state index in [-0.39, 0.29) is 5.91 Å². The molecule has 2 aromatic heterocycles. The van der Waals surface area contributed by atoms with Crippen molar-refractivity contribution in [2.75, 3.05) is 6.61 Å². The molecule has 0 saturated heterocycles. The van der Waals surface area contributed by atoms with E-state index in [0.717, 1.165) is 23.4 Å². The van der Waals surface area contributed by atoms with Crippen molar-refractivity contribution in [2.45, 2.75) is 25.5 Å². The molecule has 5 nitrogen and oxygen atoms in total. The summed E-state index contributed by atoms with van der Waals surface area (Å²) in [5, 5.41) is 3.74. The summed E-state index contributed by atoms with van der Waals surface area (Å²) in [7, 11) is 0. The minimum atomic E-state index is -0.440. The fraction of sp³-hybridized carbons (Fsp3) is 0.357. The van der Waals surface area contributed by atoms with Crippen LogP contribution in [0.4, 0.5) is 0 Å². The van der Waals surface area contributed by atoms with Crippen LogP contribution in [-0.4, -0.2) is 28.2 Å². The maximum atomic E-state index is 12.2. The van der Waals surface area contributed by atoms with Gasteiger partial charge in [0.25, 0.3) is 5.91 Å². The molecule has 0 bridgehead atoms. The van der Waals surface area contributed by atoms with Gasteiger partial charge < -0.3 is 10.1 Å². The number of nitrogens with one attached hydrogen (secondary N) is 1. The molecule has 1 saturated carbocycles. The van der Waals surface area contributed by atoms with Crippen LogP contribution < -0.4 is 5.32 Å². The number of rotatable bonds is 5. The summed E-state index contributed by atoms with van der Waals surface area (Å²) < 4.78 is 5.57. The lowest BCUT2D eigenvalue weighted by atomic mass is 10.3. The zero-order valence-electron chi connectivity index (χ0n) is 11.1. The van der Waals surface area contributed by atoms with E-state index >= 15 is 0 Å². The Morgan fingerprint density at radius 1 is 1.50 bits per heavy atom. The number of carbonyl (C=O) groups is 1. The van der Waals surface area contributed by atoms with Gasteiger partial charge in [0, 0.05) is 24.6 Å². The third kappa shape index (κ3) is 2.71. The van der Waals surface area contributed by atoms with E-state index in [4.69, 9.17) is 4.74 Å². The van der Waals surface area contributed by atoms with Crippen LogP contribution in [0.3, 0.4) is 0 Å². The van der Waals surface area contributed by atoms with E-state index in [1.54, 1.807) is 18.6 Å². The predicted octanol–water partition coefficient (Wildman–Crippen LogP) is 2.46. The molecule has 2 aromatic rings. The number of aromatic nitrogens is 2. The predicted molar refractivity (Wildman–Crippen MR) is 76.4 cm³/mol. The molecule has 1 amide bonds. The largest absolute Gasteiger partial charge is 0.356 e. The van der Waals surface area contributed by atoms with Crippen LogP contribution in [0.2, 0.25) is 0 Å². The number of amides is 1. The zero-order valence-corrected chi connectivity index (χ0v) is 11.9. The molecule has 2 heterocycles. The highest BCUT2D eigenvalue weighted by atomic mass is 32.1. The van der Waals surface area contributed by atoms with Gasteiger partial charge in [-0.3, -0.25) is 9.78 Å². The smallest absolute Gasteiger partial charge is 0.265 e. The van der Waals surface area contributed by atoms with Crippen molar-refractivity contribution in [3.05, 3.63) is 35.6 Å². The van der Waals surface area contributed by atoms with E-state index < -0.39 is 5.72 Å². The Balaban J connectivity index is 1.72. The highest BCUT2D eigenvalue weighted by Gasteiger charge is 2.45. The molecule has 6 heteroatoms. The lowest BCUT2D eigenvalue weighted by molar-refractivity contribution is 0.0167. The molecule has 0 aromatic carbocycles. The van der Waals surface area contributed by atoms with Crippen LogP contribution in [0, 0.1) is 0 Å². The molecule has 20 heavy (non-hydrogen) atoms. The van der Waals surface area contributed by atoms with E-state index in [0.29, 0.717) is 11.5 Å². The molecule has 0 spiro atoms. The molecule has 0 aliphatic heterocycles. The molecule has 0 radical (unpaired) electrons. The van der Waals surface area contributed by atoms with Crippen molar-refractivity contribution in [3.63, 3.8) is 0 Å². The van der Waals surface area contributed by atoms with Gasteiger partial charge in [-0.25, -0.2) is 4.98 Å². The highest BCUT2D eigenvalue weighted by Crippen LogP contribution is 2.37. The number of pyridine rings is 1. The quantitative estimate of drug-likeness (QED) is 0.859. The van der Waals surface area contributed by atoms with Crippen molar-refractivity contribution in [2.24, 2.45) is 0 Å². The monoisotopic (exact) mass is 289 g/mol. The third-order valence-electron chi connectivity index (χ3n) is 3.10. The van der Waals surface area contributed by atoms with Crippen molar-refractivity contribution >= 4 is 17.2 Å². The Labute approximate surface area is 121 Å². The molecule has 1 aliphatic rings. The molecule has 3 rings (SSSR count). The Bertz CT molecular complexity index is 608. The maximum Gasteiger partial charge on any atom is 0.265 e. The summed E-state index contributed by atoms with van der Waals surface area (Å²) in [6, 6.07) is 3.78. The number of ether oxygens (including phenoxy) is 1. The van der Waals surface area contributed by atoms with Crippen molar-refractivity contribution in [1.82, 2.24) is 15.3 Å². The SMILES string of the molecule is CCOC1(NC(=O)c2cnc(-c3cccnc3)s2)CC1. The fourth-order valence-corrected chi connectivity index (χ4v) is 2.77. The Hall–Kier alpha value is -1.79. The molecule has 104 valence electrons. The van der Waals surface area contributed by atoms with Gasteiger partial charge in [0.05, 0.1) is 6.20 Å². The van der Waals surface area contributed by atoms with E-state index in [2.05, 4.69) is 15.3 Å². The highest BCUT2D eigenvalue weighted by molar-refractivity contribution is 7.16. The van der Waals surface area contributed by atoms with Gasteiger partial charge >= 0.3 is 0 Å². The number of carbonyl (C=O) groups excluding carboxylic acids is 1. The number of thiazole rings is 1.